The highest BCUT2D eigenvalue weighted by atomic mass is 19.1. The molecule has 6 nitrogen and oxygen atoms in total. The average Bonchev–Trinajstić information content (AvgIpc) is 2.74. The first kappa shape index (κ1) is 19.9. The Morgan fingerprint density at radius 2 is 1.82 bits per heavy atom. The van der Waals surface area contributed by atoms with Crippen LogP contribution in [0.1, 0.15) is 18.5 Å². The van der Waals surface area contributed by atoms with E-state index in [9.17, 15) is 9.18 Å². The Kier molecular flexibility index (Phi) is 6.36. The fourth-order valence-electron chi connectivity index (χ4n) is 3.45. The largest absolute Gasteiger partial charge is 0.493 e. The molecule has 2 aromatic rings. The summed E-state index contributed by atoms with van der Waals surface area (Å²) in [6, 6.07) is 12.6. The fourth-order valence-corrected chi connectivity index (χ4v) is 3.45. The van der Waals surface area contributed by atoms with E-state index >= 15 is 0 Å². The van der Waals surface area contributed by atoms with Crippen LogP contribution in [0.15, 0.2) is 42.5 Å². The Bertz CT molecular complexity index is 822. The van der Waals surface area contributed by atoms with Gasteiger partial charge in [0.05, 0.1) is 12.8 Å². The molecule has 1 atom stereocenters. The number of methoxy groups -OCH3 is 1. The van der Waals surface area contributed by atoms with E-state index < -0.39 is 6.09 Å². The smallest absolute Gasteiger partial charge is 0.412 e. The normalized spacial score (nSPS) is 15.8. The minimum Gasteiger partial charge on any atom is -0.493 e. The Morgan fingerprint density at radius 1 is 1.11 bits per heavy atom. The quantitative estimate of drug-likeness (QED) is 0.852. The summed E-state index contributed by atoms with van der Waals surface area (Å²) in [5.74, 6) is 0.709. The SMILES string of the molecule is CNC(=O)Oc1ccc(C(C)N2CCN(c3ccccc3F)CC2)cc1OC. The number of benzene rings is 2. The summed E-state index contributed by atoms with van der Waals surface area (Å²) in [6.07, 6.45) is -0.539. The molecule has 0 bridgehead atoms. The van der Waals surface area contributed by atoms with Crippen LogP contribution in [0, 0.1) is 5.82 Å². The van der Waals surface area contributed by atoms with Crippen molar-refractivity contribution in [3.05, 3.63) is 53.8 Å². The van der Waals surface area contributed by atoms with E-state index in [0.29, 0.717) is 17.2 Å². The number of rotatable bonds is 5. The molecule has 0 radical (unpaired) electrons. The first-order valence-electron chi connectivity index (χ1n) is 9.34. The van der Waals surface area contributed by atoms with Crippen molar-refractivity contribution in [2.45, 2.75) is 13.0 Å². The van der Waals surface area contributed by atoms with E-state index in [1.165, 1.54) is 13.1 Å². The Hall–Kier alpha value is -2.80. The average molecular weight is 387 g/mol. The lowest BCUT2D eigenvalue weighted by atomic mass is 10.0. The van der Waals surface area contributed by atoms with Crippen LogP contribution in [0.2, 0.25) is 0 Å². The molecule has 7 heteroatoms. The summed E-state index contributed by atoms with van der Waals surface area (Å²) in [6.45, 7) is 5.32. The summed E-state index contributed by atoms with van der Waals surface area (Å²) >= 11 is 0. The minimum absolute atomic E-state index is 0.158. The summed E-state index contributed by atoms with van der Waals surface area (Å²) in [5, 5.41) is 2.42. The van der Waals surface area contributed by atoms with Crippen LogP contribution in [0.5, 0.6) is 11.5 Å². The van der Waals surface area contributed by atoms with Gasteiger partial charge in [-0.15, -0.1) is 0 Å². The molecule has 1 fully saturated rings. The van der Waals surface area contributed by atoms with Crippen molar-refractivity contribution in [1.29, 1.82) is 0 Å². The fraction of sp³-hybridized carbons (Fsp3) is 0.381. The number of carbonyl (C=O) groups is 1. The van der Waals surface area contributed by atoms with E-state index in [1.54, 1.807) is 19.2 Å². The number of hydrogen-bond acceptors (Lipinski definition) is 5. The maximum absolute atomic E-state index is 14.0. The highest BCUT2D eigenvalue weighted by Gasteiger charge is 2.24. The number of carbonyl (C=O) groups excluding carboxylic acids is 1. The number of para-hydroxylation sites is 1. The van der Waals surface area contributed by atoms with Crippen molar-refractivity contribution in [2.24, 2.45) is 0 Å². The van der Waals surface area contributed by atoms with Crippen LogP contribution in [0.25, 0.3) is 0 Å². The van der Waals surface area contributed by atoms with E-state index in [0.717, 1.165) is 31.7 Å². The second kappa shape index (κ2) is 8.93. The number of hydrogen-bond donors (Lipinski definition) is 1. The molecule has 0 aliphatic carbocycles. The first-order valence-corrected chi connectivity index (χ1v) is 9.34. The van der Waals surface area contributed by atoms with Crippen LogP contribution in [-0.4, -0.2) is 51.3 Å². The third-order valence-electron chi connectivity index (χ3n) is 5.13. The maximum Gasteiger partial charge on any atom is 0.412 e. The third kappa shape index (κ3) is 4.36. The lowest BCUT2D eigenvalue weighted by molar-refractivity contribution is 0.196. The molecular formula is C21H26FN3O3. The predicted octanol–water partition coefficient (Wildman–Crippen LogP) is 3.44. The van der Waals surface area contributed by atoms with Gasteiger partial charge in [-0.2, -0.15) is 0 Å². The molecule has 0 aromatic heterocycles. The van der Waals surface area contributed by atoms with E-state index in [-0.39, 0.29) is 11.9 Å². The van der Waals surface area contributed by atoms with Crippen molar-refractivity contribution in [2.75, 3.05) is 45.2 Å². The summed E-state index contributed by atoms with van der Waals surface area (Å²) in [5.41, 5.74) is 1.73. The van der Waals surface area contributed by atoms with Gasteiger partial charge >= 0.3 is 6.09 Å². The molecule has 1 aliphatic rings. The van der Waals surface area contributed by atoms with Gasteiger partial charge in [0.25, 0.3) is 0 Å². The van der Waals surface area contributed by atoms with E-state index in [4.69, 9.17) is 9.47 Å². The van der Waals surface area contributed by atoms with Crippen molar-refractivity contribution in [3.8, 4) is 11.5 Å². The van der Waals surface area contributed by atoms with Crippen LogP contribution in [0.3, 0.4) is 0 Å². The van der Waals surface area contributed by atoms with Gasteiger partial charge in [-0.3, -0.25) is 4.90 Å². The van der Waals surface area contributed by atoms with Gasteiger partial charge in [-0.25, -0.2) is 9.18 Å². The molecule has 0 spiro atoms. The first-order chi connectivity index (χ1) is 13.5. The molecule has 1 aliphatic heterocycles. The molecular weight excluding hydrogens is 361 g/mol. The van der Waals surface area contributed by atoms with Crippen LogP contribution < -0.4 is 19.7 Å². The van der Waals surface area contributed by atoms with E-state index in [1.807, 2.05) is 24.3 Å². The third-order valence-corrected chi connectivity index (χ3v) is 5.13. The highest BCUT2D eigenvalue weighted by molar-refractivity contribution is 5.71. The lowest BCUT2D eigenvalue weighted by Crippen LogP contribution is -2.47. The number of piperazine rings is 1. The highest BCUT2D eigenvalue weighted by Crippen LogP contribution is 2.33. The zero-order chi connectivity index (χ0) is 20.1. The molecule has 1 saturated heterocycles. The molecule has 3 rings (SSSR count). The Labute approximate surface area is 164 Å². The van der Waals surface area contributed by atoms with Gasteiger partial charge in [0.15, 0.2) is 11.5 Å². The molecule has 150 valence electrons. The van der Waals surface area contributed by atoms with Crippen LogP contribution in [0.4, 0.5) is 14.9 Å². The van der Waals surface area contributed by atoms with Crippen molar-refractivity contribution in [1.82, 2.24) is 10.2 Å². The Morgan fingerprint density at radius 3 is 2.46 bits per heavy atom. The zero-order valence-electron chi connectivity index (χ0n) is 16.4. The minimum atomic E-state index is -0.539. The number of anilines is 1. The topological polar surface area (TPSA) is 54.0 Å². The van der Waals surface area contributed by atoms with E-state index in [2.05, 4.69) is 22.0 Å². The molecule has 1 heterocycles. The second-order valence-electron chi connectivity index (χ2n) is 6.70. The van der Waals surface area contributed by atoms with Gasteiger partial charge < -0.3 is 19.7 Å². The molecule has 1 amide bonds. The monoisotopic (exact) mass is 387 g/mol. The number of amides is 1. The summed E-state index contributed by atoms with van der Waals surface area (Å²) in [7, 11) is 3.06. The Balaban J connectivity index is 1.67. The van der Waals surface area contributed by atoms with Crippen molar-refractivity contribution in [3.63, 3.8) is 0 Å². The lowest BCUT2D eigenvalue weighted by Gasteiger charge is -2.39. The van der Waals surface area contributed by atoms with Crippen LogP contribution in [-0.2, 0) is 0 Å². The van der Waals surface area contributed by atoms with Gasteiger partial charge in [-0.05, 0) is 36.8 Å². The summed E-state index contributed by atoms with van der Waals surface area (Å²) in [4.78, 5) is 15.9. The van der Waals surface area contributed by atoms with Gasteiger partial charge in [0, 0.05) is 39.3 Å². The van der Waals surface area contributed by atoms with Gasteiger partial charge in [0.1, 0.15) is 5.82 Å². The molecule has 2 aromatic carbocycles. The van der Waals surface area contributed by atoms with Crippen LogP contribution >= 0.6 is 0 Å². The van der Waals surface area contributed by atoms with Crippen molar-refractivity contribution >= 4 is 11.8 Å². The number of nitrogens with zero attached hydrogens (tertiary/aromatic N) is 2. The maximum atomic E-state index is 14.0. The zero-order valence-corrected chi connectivity index (χ0v) is 16.4. The standard InChI is InChI=1S/C21H26FN3O3/c1-15(16-8-9-19(20(14-16)27-3)28-21(26)23-2)24-10-12-25(13-11-24)18-7-5-4-6-17(18)22/h4-9,14-15H,10-13H2,1-3H3,(H,23,26). The van der Waals surface area contributed by atoms with Crippen molar-refractivity contribution < 1.29 is 18.7 Å². The second-order valence-corrected chi connectivity index (χ2v) is 6.70. The van der Waals surface area contributed by atoms with Gasteiger partial charge in [-0.1, -0.05) is 18.2 Å². The predicted molar refractivity (Wildman–Crippen MR) is 107 cm³/mol. The number of ether oxygens (including phenoxy) is 2. The summed E-state index contributed by atoms with van der Waals surface area (Å²) < 4.78 is 24.6. The molecule has 0 saturated carbocycles. The number of nitrogens with one attached hydrogen (secondary N) is 1. The molecule has 1 unspecified atom stereocenters. The molecule has 28 heavy (non-hydrogen) atoms. The number of halogens is 1. The van der Waals surface area contributed by atoms with Gasteiger partial charge in [0.2, 0.25) is 0 Å². The molecule has 1 N–H and O–H groups in total.